The molecule has 2 aliphatic rings. The van der Waals surface area contributed by atoms with E-state index in [0.717, 1.165) is 29.2 Å². The van der Waals surface area contributed by atoms with Crippen molar-refractivity contribution in [2.75, 3.05) is 0 Å². The topological polar surface area (TPSA) is 57.7 Å². The lowest BCUT2D eigenvalue weighted by Crippen LogP contribution is -2.41. The molecule has 0 atom stereocenters. The summed E-state index contributed by atoms with van der Waals surface area (Å²) < 4.78 is 78.7. The van der Waals surface area contributed by atoms with Gasteiger partial charge in [0.05, 0.1) is 23.2 Å². The van der Waals surface area contributed by atoms with Gasteiger partial charge >= 0.3 is 12.4 Å². The normalized spacial score (nSPS) is 15.1. The van der Waals surface area contributed by atoms with Crippen LogP contribution in [0.3, 0.4) is 0 Å². The number of halogens is 8. The number of carbonyl (C=O) groups is 3. The molecule has 2 aliphatic heterocycles. The van der Waals surface area contributed by atoms with E-state index in [1.807, 2.05) is 0 Å². The van der Waals surface area contributed by atoms with Crippen molar-refractivity contribution < 1.29 is 40.7 Å². The van der Waals surface area contributed by atoms with Gasteiger partial charge in [0.15, 0.2) is 0 Å². The molecule has 0 radical (unpaired) electrons. The number of rotatable bonds is 4. The van der Waals surface area contributed by atoms with Crippen LogP contribution >= 0.6 is 31.9 Å². The van der Waals surface area contributed by atoms with Gasteiger partial charge < -0.3 is 4.90 Å². The molecule has 0 aromatic heterocycles. The maximum atomic E-state index is 13.7. The van der Waals surface area contributed by atoms with Crippen molar-refractivity contribution in [1.29, 1.82) is 0 Å². The van der Waals surface area contributed by atoms with Crippen molar-refractivity contribution in [2.24, 2.45) is 0 Å². The SMILES string of the molecule is O=C1c2cc(Br)c3c4c(cc(Br)c(c24)CN1Cc1ccc(C(F)(F)F)cc1)C(=O)N(Cc1ccc(C(F)(F)F)cc1)C3=O. The molecule has 3 amide bonds. The van der Waals surface area contributed by atoms with Gasteiger partial charge in [-0.15, -0.1) is 0 Å². The van der Waals surface area contributed by atoms with E-state index >= 15 is 0 Å². The molecule has 4 aromatic carbocycles. The first-order valence-corrected chi connectivity index (χ1v) is 14.2. The van der Waals surface area contributed by atoms with Crippen LogP contribution in [-0.4, -0.2) is 27.5 Å². The minimum Gasteiger partial charge on any atom is -0.330 e. The summed E-state index contributed by atoms with van der Waals surface area (Å²) in [5.74, 6) is -1.78. The summed E-state index contributed by atoms with van der Waals surface area (Å²) in [6, 6.07) is 11.7. The summed E-state index contributed by atoms with van der Waals surface area (Å²) in [5, 5.41) is 0.691. The first-order chi connectivity index (χ1) is 20.1. The Kier molecular flexibility index (Phi) is 6.96. The fourth-order valence-electron chi connectivity index (χ4n) is 5.42. The van der Waals surface area contributed by atoms with Gasteiger partial charge in [0.25, 0.3) is 17.7 Å². The summed E-state index contributed by atoms with van der Waals surface area (Å²) in [6.07, 6.45) is -9.03. The number of benzene rings is 4. The zero-order chi connectivity index (χ0) is 31.0. The Hall–Kier alpha value is -3.71. The molecular weight excluding hydrogens is 710 g/mol. The molecule has 0 unspecified atom stereocenters. The van der Waals surface area contributed by atoms with Crippen molar-refractivity contribution in [1.82, 2.24) is 9.80 Å². The van der Waals surface area contributed by atoms with E-state index in [1.54, 1.807) is 0 Å². The van der Waals surface area contributed by atoms with Crippen LogP contribution in [0.2, 0.25) is 0 Å². The lowest BCUT2D eigenvalue weighted by atomic mass is 9.86. The summed E-state index contributed by atoms with van der Waals surface area (Å²) in [6.45, 7) is -0.197. The summed E-state index contributed by atoms with van der Waals surface area (Å²) in [4.78, 5) is 43.4. The van der Waals surface area contributed by atoms with Crippen molar-refractivity contribution in [3.05, 3.63) is 114 Å². The maximum absolute atomic E-state index is 13.7. The van der Waals surface area contributed by atoms with Gasteiger partial charge in [0, 0.05) is 43.9 Å². The van der Waals surface area contributed by atoms with Crippen LogP contribution in [0.1, 0.15) is 58.9 Å². The van der Waals surface area contributed by atoms with Crippen LogP contribution < -0.4 is 0 Å². The highest BCUT2D eigenvalue weighted by molar-refractivity contribution is 9.10. The predicted molar refractivity (Wildman–Crippen MR) is 150 cm³/mol. The monoisotopic (exact) mass is 724 g/mol. The molecule has 0 spiro atoms. The average molecular weight is 726 g/mol. The van der Waals surface area contributed by atoms with E-state index < -0.39 is 41.2 Å². The molecule has 0 aliphatic carbocycles. The Morgan fingerprint density at radius 3 is 1.65 bits per heavy atom. The average Bonchev–Trinajstić information content (AvgIpc) is 2.93. The zero-order valence-corrected chi connectivity index (χ0v) is 24.7. The standard InChI is InChI=1S/C30H16Br2F6N2O3/c31-21-9-19-24-23-18(26(41)39(13-20(21)23)11-14-1-5-16(6-2-14)29(33,34)35)10-22(32)25(24)28(43)40(27(19)42)12-15-3-7-17(8-4-15)30(36,37)38/h1-10H,11-13H2. The third-order valence-electron chi connectivity index (χ3n) is 7.49. The Bertz CT molecular complexity index is 1850. The van der Waals surface area contributed by atoms with Gasteiger partial charge in [-0.2, -0.15) is 26.3 Å². The van der Waals surface area contributed by atoms with Crippen LogP contribution in [-0.2, 0) is 32.0 Å². The van der Waals surface area contributed by atoms with Gasteiger partial charge in [0.2, 0.25) is 0 Å². The third-order valence-corrected chi connectivity index (χ3v) is 8.82. The lowest BCUT2D eigenvalue weighted by molar-refractivity contribution is -0.138. The Morgan fingerprint density at radius 1 is 0.628 bits per heavy atom. The van der Waals surface area contributed by atoms with Crippen LogP contribution in [0.25, 0.3) is 10.8 Å². The van der Waals surface area contributed by atoms with Crippen LogP contribution in [0.15, 0.2) is 69.6 Å². The van der Waals surface area contributed by atoms with E-state index in [2.05, 4.69) is 31.9 Å². The van der Waals surface area contributed by atoms with E-state index in [-0.39, 0.29) is 46.2 Å². The highest BCUT2D eigenvalue weighted by Crippen LogP contribution is 2.44. The van der Waals surface area contributed by atoms with Gasteiger partial charge in [-0.1, -0.05) is 40.2 Å². The minimum atomic E-state index is -4.54. The Morgan fingerprint density at radius 2 is 1.12 bits per heavy atom. The predicted octanol–water partition coefficient (Wildman–Crippen LogP) is 8.35. The lowest BCUT2D eigenvalue weighted by Gasteiger charge is -2.34. The summed E-state index contributed by atoms with van der Waals surface area (Å²) >= 11 is 6.86. The summed E-state index contributed by atoms with van der Waals surface area (Å²) in [7, 11) is 0. The number of alkyl halides is 6. The van der Waals surface area contributed by atoms with Gasteiger partial charge in [-0.3, -0.25) is 19.3 Å². The van der Waals surface area contributed by atoms with Crippen molar-refractivity contribution in [3.63, 3.8) is 0 Å². The first-order valence-electron chi connectivity index (χ1n) is 12.6. The van der Waals surface area contributed by atoms with Gasteiger partial charge in [-0.25, -0.2) is 0 Å². The Labute approximate surface area is 256 Å². The zero-order valence-electron chi connectivity index (χ0n) is 21.5. The van der Waals surface area contributed by atoms with E-state index in [0.29, 0.717) is 26.5 Å². The molecule has 43 heavy (non-hydrogen) atoms. The molecule has 0 N–H and O–H groups in total. The molecule has 13 heteroatoms. The molecule has 5 nitrogen and oxygen atoms in total. The number of hydrogen-bond acceptors (Lipinski definition) is 3. The molecule has 4 aromatic rings. The summed E-state index contributed by atoms with van der Waals surface area (Å²) in [5.41, 5.74) is 0.226. The van der Waals surface area contributed by atoms with Crippen molar-refractivity contribution in [3.8, 4) is 0 Å². The number of imide groups is 1. The first kappa shape index (κ1) is 29.4. The molecule has 0 fully saturated rings. The molecule has 0 saturated carbocycles. The second kappa shape index (κ2) is 10.2. The van der Waals surface area contributed by atoms with Crippen molar-refractivity contribution in [2.45, 2.75) is 32.0 Å². The molecular formula is C30H16Br2F6N2O3. The number of carbonyl (C=O) groups excluding carboxylic acids is 3. The van der Waals surface area contributed by atoms with E-state index in [9.17, 15) is 40.7 Å². The minimum absolute atomic E-state index is 0.0181. The molecule has 0 bridgehead atoms. The highest BCUT2D eigenvalue weighted by Gasteiger charge is 2.40. The number of hydrogen-bond donors (Lipinski definition) is 0. The fourth-order valence-corrected chi connectivity index (χ4v) is 6.57. The maximum Gasteiger partial charge on any atom is 0.416 e. The second-order valence-corrected chi connectivity index (χ2v) is 11.9. The fraction of sp³-hybridized carbons (Fsp3) is 0.167. The van der Waals surface area contributed by atoms with Crippen LogP contribution in [0.5, 0.6) is 0 Å². The third kappa shape index (κ3) is 5.01. The number of nitrogens with zero attached hydrogens (tertiary/aromatic N) is 2. The second-order valence-electron chi connectivity index (χ2n) is 10.2. The quantitative estimate of drug-likeness (QED) is 0.157. The van der Waals surface area contributed by atoms with Crippen molar-refractivity contribution >= 4 is 60.4 Å². The van der Waals surface area contributed by atoms with Crippen LogP contribution in [0.4, 0.5) is 26.3 Å². The molecule has 220 valence electrons. The van der Waals surface area contributed by atoms with Gasteiger partial charge in [-0.05, 0) is 69.0 Å². The molecule has 0 saturated heterocycles. The Balaban J connectivity index is 1.37. The van der Waals surface area contributed by atoms with E-state index in [4.69, 9.17) is 0 Å². The van der Waals surface area contributed by atoms with Gasteiger partial charge in [0.1, 0.15) is 0 Å². The highest BCUT2D eigenvalue weighted by atomic mass is 79.9. The largest absolute Gasteiger partial charge is 0.416 e. The molecule has 2 heterocycles. The van der Waals surface area contributed by atoms with E-state index in [1.165, 1.54) is 41.3 Å². The van der Waals surface area contributed by atoms with Crippen LogP contribution in [0, 0.1) is 0 Å². The molecule has 6 rings (SSSR count). The smallest absolute Gasteiger partial charge is 0.330 e. The number of amides is 3.